The van der Waals surface area contributed by atoms with Gasteiger partial charge in [-0.25, -0.2) is 9.98 Å². The fraction of sp³-hybridized carbons (Fsp3) is 0.750. The maximum Gasteiger partial charge on any atom is 0.216 e. The van der Waals surface area contributed by atoms with Crippen molar-refractivity contribution in [2.24, 2.45) is 4.99 Å². The first-order valence-corrected chi connectivity index (χ1v) is 8.33. The summed E-state index contributed by atoms with van der Waals surface area (Å²) in [7, 11) is 0. The number of ether oxygens (including phenoxy) is 2. The number of aryl methyl sites for hydroxylation is 2. The number of halogens is 1. The molecule has 2 N–H and O–H groups in total. The van der Waals surface area contributed by atoms with Gasteiger partial charge in [-0.05, 0) is 33.6 Å². The number of hydrogen-bond acceptors (Lipinski definition) is 5. The molecule has 1 atom stereocenters. The number of aliphatic imine (C=N–C) groups is 1. The lowest BCUT2D eigenvalue weighted by Gasteiger charge is -2.13. The zero-order valence-corrected chi connectivity index (χ0v) is 17.1. The Morgan fingerprint density at radius 2 is 2.21 bits per heavy atom. The molecule has 0 spiro atoms. The summed E-state index contributed by atoms with van der Waals surface area (Å²) in [5, 5.41) is 6.44. The van der Waals surface area contributed by atoms with Crippen molar-refractivity contribution in [3.63, 3.8) is 0 Å². The number of oxazole rings is 1. The van der Waals surface area contributed by atoms with Crippen LogP contribution in [0.5, 0.6) is 0 Å². The summed E-state index contributed by atoms with van der Waals surface area (Å²) < 4.78 is 16.7. The van der Waals surface area contributed by atoms with E-state index >= 15 is 0 Å². The summed E-state index contributed by atoms with van der Waals surface area (Å²) in [5.41, 5.74) is 0.913. The van der Waals surface area contributed by atoms with Crippen LogP contribution in [0, 0.1) is 13.8 Å². The van der Waals surface area contributed by atoms with Crippen molar-refractivity contribution in [1.82, 2.24) is 15.6 Å². The van der Waals surface area contributed by atoms with Crippen molar-refractivity contribution in [2.45, 2.75) is 46.3 Å². The van der Waals surface area contributed by atoms with Crippen molar-refractivity contribution in [2.75, 3.05) is 32.9 Å². The maximum atomic E-state index is 5.63. The number of hydrogen-bond donors (Lipinski definition) is 2. The van der Waals surface area contributed by atoms with E-state index in [1.807, 2.05) is 20.8 Å². The summed E-state index contributed by atoms with van der Waals surface area (Å²) in [6.07, 6.45) is 2.52. The summed E-state index contributed by atoms with van der Waals surface area (Å²) in [6, 6.07) is 0. The van der Waals surface area contributed by atoms with Crippen molar-refractivity contribution in [1.29, 1.82) is 0 Å². The largest absolute Gasteiger partial charge is 0.444 e. The van der Waals surface area contributed by atoms with Crippen LogP contribution in [0.1, 0.15) is 37.1 Å². The Kier molecular flexibility index (Phi) is 10.3. The Hall–Kier alpha value is -0.870. The zero-order chi connectivity index (χ0) is 16.5. The first-order valence-electron chi connectivity index (χ1n) is 8.33. The molecule has 1 saturated heterocycles. The van der Waals surface area contributed by atoms with E-state index in [9.17, 15) is 0 Å². The van der Waals surface area contributed by atoms with Crippen molar-refractivity contribution in [3.05, 3.63) is 17.3 Å². The molecule has 1 aromatic rings. The fourth-order valence-corrected chi connectivity index (χ4v) is 2.33. The van der Waals surface area contributed by atoms with E-state index in [0.717, 1.165) is 43.4 Å². The lowest BCUT2D eigenvalue weighted by atomic mass is 10.2. The van der Waals surface area contributed by atoms with Gasteiger partial charge < -0.3 is 24.5 Å². The van der Waals surface area contributed by atoms with Crippen LogP contribution < -0.4 is 10.6 Å². The third-order valence-electron chi connectivity index (χ3n) is 3.66. The van der Waals surface area contributed by atoms with Gasteiger partial charge >= 0.3 is 0 Å². The molecular formula is C16H29IN4O3. The van der Waals surface area contributed by atoms with Crippen LogP contribution in [0.15, 0.2) is 9.41 Å². The molecule has 1 fully saturated rings. The van der Waals surface area contributed by atoms with Gasteiger partial charge in [0.25, 0.3) is 0 Å². The maximum absolute atomic E-state index is 5.63. The second kappa shape index (κ2) is 11.6. The minimum absolute atomic E-state index is 0. The molecule has 7 nitrogen and oxygen atoms in total. The second-order valence-corrected chi connectivity index (χ2v) is 5.58. The second-order valence-electron chi connectivity index (χ2n) is 5.58. The predicted molar refractivity (Wildman–Crippen MR) is 104 cm³/mol. The minimum atomic E-state index is 0. The fourth-order valence-electron chi connectivity index (χ4n) is 2.33. The molecule has 138 valence electrons. The molecule has 2 heterocycles. The van der Waals surface area contributed by atoms with Gasteiger partial charge in [-0.1, -0.05) is 0 Å². The van der Waals surface area contributed by atoms with Crippen molar-refractivity contribution < 1.29 is 13.9 Å². The van der Waals surface area contributed by atoms with Gasteiger partial charge in [0.1, 0.15) is 12.3 Å². The summed E-state index contributed by atoms with van der Waals surface area (Å²) in [6.45, 7) is 9.94. The van der Waals surface area contributed by atoms with Crippen LogP contribution in [0.2, 0.25) is 0 Å². The molecule has 8 heteroatoms. The standard InChI is InChI=1S/C16H28N4O3.HI/c1-4-17-16(19-10-15-20-12(2)13(3)23-15)18-7-9-21-11-14-6-5-8-22-14;/h14H,4-11H2,1-3H3,(H2,17,18,19);1H. The van der Waals surface area contributed by atoms with Gasteiger partial charge in [0.2, 0.25) is 5.89 Å². The van der Waals surface area contributed by atoms with Crippen molar-refractivity contribution in [3.8, 4) is 0 Å². The van der Waals surface area contributed by atoms with Gasteiger partial charge in [-0.2, -0.15) is 0 Å². The topological polar surface area (TPSA) is 80.9 Å². The predicted octanol–water partition coefficient (Wildman–Crippen LogP) is 2.16. The third-order valence-corrected chi connectivity index (χ3v) is 3.66. The van der Waals surface area contributed by atoms with Gasteiger partial charge in [-0.3, -0.25) is 0 Å². The number of aromatic nitrogens is 1. The van der Waals surface area contributed by atoms with E-state index < -0.39 is 0 Å². The van der Waals surface area contributed by atoms with E-state index in [4.69, 9.17) is 13.9 Å². The van der Waals surface area contributed by atoms with Crippen LogP contribution in [-0.2, 0) is 16.0 Å². The highest BCUT2D eigenvalue weighted by atomic mass is 127. The molecule has 0 bridgehead atoms. The molecule has 0 aromatic carbocycles. The Balaban J connectivity index is 0.00000288. The van der Waals surface area contributed by atoms with E-state index in [-0.39, 0.29) is 30.1 Å². The molecule has 0 radical (unpaired) electrons. The highest BCUT2D eigenvalue weighted by Crippen LogP contribution is 2.11. The zero-order valence-electron chi connectivity index (χ0n) is 14.8. The minimum Gasteiger partial charge on any atom is -0.444 e. The molecule has 0 saturated carbocycles. The Morgan fingerprint density at radius 1 is 1.38 bits per heavy atom. The van der Waals surface area contributed by atoms with E-state index in [0.29, 0.717) is 32.2 Å². The Morgan fingerprint density at radius 3 is 2.83 bits per heavy atom. The Labute approximate surface area is 161 Å². The van der Waals surface area contributed by atoms with E-state index in [1.54, 1.807) is 0 Å². The lowest BCUT2D eigenvalue weighted by Crippen LogP contribution is -2.39. The smallest absolute Gasteiger partial charge is 0.216 e. The SMILES string of the molecule is CCNC(=NCc1nc(C)c(C)o1)NCCOCC1CCCO1.I. The first-order chi connectivity index (χ1) is 11.2. The number of rotatable bonds is 8. The molecule has 1 aromatic heterocycles. The Bertz CT molecular complexity index is 482. The van der Waals surface area contributed by atoms with E-state index in [1.165, 1.54) is 0 Å². The average Bonchev–Trinajstić information content (AvgIpc) is 3.15. The molecule has 1 aliphatic heterocycles. The summed E-state index contributed by atoms with van der Waals surface area (Å²) in [5.74, 6) is 2.21. The summed E-state index contributed by atoms with van der Waals surface area (Å²) >= 11 is 0. The van der Waals surface area contributed by atoms with Crippen LogP contribution in [0.3, 0.4) is 0 Å². The first kappa shape index (κ1) is 21.2. The van der Waals surface area contributed by atoms with Gasteiger partial charge in [0.05, 0.1) is 25.0 Å². The van der Waals surface area contributed by atoms with Crippen LogP contribution in [0.25, 0.3) is 0 Å². The molecule has 2 rings (SSSR count). The normalized spacial score (nSPS) is 17.6. The van der Waals surface area contributed by atoms with Crippen LogP contribution in [0.4, 0.5) is 0 Å². The molecule has 24 heavy (non-hydrogen) atoms. The van der Waals surface area contributed by atoms with Gasteiger partial charge in [-0.15, -0.1) is 24.0 Å². The van der Waals surface area contributed by atoms with Crippen molar-refractivity contribution >= 4 is 29.9 Å². The molecule has 0 aliphatic carbocycles. The number of nitrogens with zero attached hydrogens (tertiary/aromatic N) is 2. The van der Waals surface area contributed by atoms with E-state index in [2.05, 4.69) is 20.6 Å². The molecule has 1 aliphatic rings. The lowest BCUT2D eigenvalue weighted by molar-refractivity contribution is 0.0191. The van der Waals surface area contributed by atoms with Gasteiger partial charge in [0.15, 0.2) is 5.96 Å². The quantitative estimate of drug-likeness (QED) is 0.272. The molecule has 1 unspecified atom stereocenters. The highest BCUT2D eigenvalue weighted by molar-refractivity contribution is 14.0. The van der Waals surface area contributed by atoms with Crippen LogP contribution >= 0.6 is 24.0 Å². The number of guanidine groups is 1. The highest BCUT2D eigenvalue weighted by Gasteiger charge is 2.14. The summed E-state index contributed by atoms with van der Waals surface area (Å²) in [4.78, 5) is 8.80. The van der Waals surface area contributed by atoms with Crippen LogP contribution in [-0.4, -0.2) is 50.0 Å². The number of nitrogens with one attached hydrogen (secondary N) is 2. The molecular weight excluding hydrogens is 423 g/mol. The molecule has 0 amide bonds. The average molecular weight is 452 g/mol. The third kappa shape index (κ3) is 7.35. The van der Waals surface area contributed by atoms with Gasteiger partial charge in [0, 0.05) is 19.7 Å². The monoisotopic (exact) mass is 452 g/mol.